The Balaban J connectivity index is 1.95. The van der Waals surface area contributed by atoms with Crippen LogP contribution in [0.1, 0.15) is 5.01 Å². The molecule has 1 aromatic heterocycles. The number of nitrogens with zero attached hydrogens (tertiary/aromatic N) is 1. The number of hydrogen-bond acceptors (Lipinski definition) is 5. The molecule has 96 valence electrons. The van der Waals surface area contributed by atoms with Crippen LogP contribution in [-0.2, 0) is 16.1 Å². The number of ether oxygens (including phenoxy) is 1. The molecule has 2 rings (SSSR count). The van der Waals surface area contributed by atoms with E-state index in [0.29, 0.717) is 6.54 Å². The van der Waals surface area contributed by atoms with Crippen LogP contribution in [0, 0.1) is 0 Å². The molecule has 1 unspecified atom stereocenters. The van der Waals surface area contributed by atoms with E-state index >= 15 is 0 Å². The molecule has 0 saturated heterocycles. The molecule has 0 radical (unpaired) electrons. The van der Waals surface area contributed by atoms with Gasteiger partial charge in [-0.15, -0.1) is 11.3 Å². The van der Waals surface area contributed by atoms with Crippen molar-refractivity contribution in [3.8, 4) is 0 Å². The van der Waals surface area contributed by atoms with Crippen LogP contribution in [0.15, 0.2) is 24.3 Å². The largest absolute Gasteiger partial charge is 0.383 e. The molecule has 0 spiro atoms. The summed E-state index contributed by atoms with van der Waals surface area (Å²) in [4.78, 5) is 16.0. The van der Waals surface area contributed by atoms with Gasteiger partial charge in [0.05, 0.1) is 23.4 Å². The maximum atomic E-state index is 11.6. The van der Waals surface area contributed by atoms with Crippen molar-refractivity contribution in [3.63, 3.8) is 0 Å². The van der Waals surface area contributed by atoms with Crippen LogP contribution in [0.4, 0.5) is 0 Å². The summed E-state index contributed by atoms with van der Waals surface area (Å²) in [5, 5.41) is 3.62. The van der Waals surface area contributed by atoms with Gasteiger partial charge in [0.25, 0.3) is 0 Å². The number of para-hydroxylation sites is 1. The molecule has 0 bridgehead atoms. The van der Waals surface area contributed by atoms with E-state index in [0.717, 1.165) is 15.2 Å². The number of amides is 1. The molecule has 5 nitrogen and oxygen atoms in total. The molecule has 0 aliphatic heterocycles. The van der Waals surface area contributed by atoms with E-state index in [1.807, 2.05) is 24.3 Å². The molecule has 18 heavy (non-hydrogen) atoms. The van der Waals surface area contributed by atoms with Crippen LogP contribution in [0.25, 0.3) is 10.2 Å². The molecule has 0 saturated carbocycles. The molecule has 0 aliphatic rings. The number of nitrogens with two attached hydrogens (primary N) is 1. The normalized spacial score (nSPS) is 12.6. The van der Waals surface area contributed by atoms with E-state index in [2.05, 4.69) is 10.3 Å². The van der Waals surface area contributed by atoms with Crippen molar-refractivity contribution in [1.29, 1.82) is 0 Å². The molecule has 6 heteroatoms. The molecule has 3 N–H and O–H groups in total. The highest BCUT2D eigenvalue weighted by atomic mass is 32.1. The van der Waals surface area contributed by atoms with Gasteiger partial charge in [-0.25, -0.2) is 4.98 Å². The summed E-state index contributed by atoms with van der Waals surface area (Å²) in [6, 6.07) is 7.24. The highest BCUT2D eigenvalue weighted by Crippen LogP contribution is 2.21. The minimum absolute atomic E-state index is 0.214. The van der Waals surface area contributed by atoms with Crippen molar-refractivity contribution < 1.29 is 9.53 Å². The lowest BCUT2D eigenvalue weighted by Gasteiger charge is -2.09. The highest BCUT2D eigenvalue weighted by molar-refractivity contribution is 7.18. The molecular weight excluding hydrogens is 250 g/mol. The monoisotopic (exact) mass is 265 g/mol. The maximum Gasteiger partial charge on any atom is 0.239 e. The summed E-state index contributed by atoms with van der Waals surface area (Å²) >= 11 is 1.57. The van der Waals surface area contributed by atoms with E-state index in [1.54, 1.807) is 11.3 Å². The second-order valence-electron chi connectivity index (χ2n) is 3.85. The Kier molecular flexibility index (Phi) is 4.24. The Morgan fingerprint density at radius 1 is 1.56 bits per heavy atom. The van der Waals surface area contributed by atoms with E-state index in [4.69, 9.17) is 10.5 Å². The summed E-state index contributed by atoms with van der Waals surface area (Å²) in [7, 11) is 1.51. The number of benzene rings is 1. The van der Waals surface area contributed by atoms with Gasteiger partial charge in [0.2, 0.25) is 5.91 Å². The fourth-order valence-electron chi connectivity index (χ4n) is 1.54. The SMILES string of the molecule is COCC(N)C(=O)NCc1nc2ccccc2s1. The number of thiazole rings is 1. The molecular formula is C12H15N3O2S. The second-order valence-corrected chi connectivity index (χ2v) is 4.97. The van der Waals surface area contributed by atoms with Crippen molar-refractivity contribution in [1.82, 2.24) is 10.3 Å². The zero-order valence-corrected chi connectivity index (χ0v) is 10.9. The zero-order valence-electron chi connectivity index (χ0n) is 10.1. The van der Waals surface area contributed by atoms with Crippen LogP contribution in [-0.4, -0.2) is 30.6 Å². The minimum Gasteiger partial charge on any atom is -0.383 e. The fraction of sp³-hybridized carbons (Fsp3) is 0.333. The molecule has 2 aromatic rings. The Morgan fingerprint density at radius 2 is 2.33 bits per heavy atom. The first-order valence-electron chi connectivity index (χ1n) is 5.57. The van der Waals surface area contributed by atoms with E-state index in [1.165, 1.54) is 7.11 Å². The quantitative estimate of drug-likeness (QED) is 0.841. The Morgan fingerprint density at radius 3 is 3.06 bits per heavy atom. The van der Waals surface area contributed by atoms with Crippen LogP contribution >= 0.6 is 11.3 Å². The third-order valence-electron chi connectivity index (χ3n) is 2.44. The van der Waals surface area contributed by atoms with Gasteiger partial charge in [-0.1, -0.05) is 12.1 Å². The number of methoxy groups -OCH3 is 1. The van der Waals surface area contributed by atoms with Crippen LogP contribution in [0.2, 0.25) is 0 Å². The smallest absolute Gasteiger partial charge is 0.239 e. The number of fused-ring (bicyclic) bond motifs is 1. The van der Waals surface area contributed by atoms with Crippen LogP contribution in [0.3, 0.4) is 0 Å². The summed E-state index contributed by atoms with van der Waals surface area (Å²) in [6.45, 7) is 0.612. The first-order valence-corrected chi connectivity index (χ1v) is 6.39. The fourth-order valence-corrected chi connectivity index (χ4v) is 2.45. The summed E-state index contributed by atoms with van der Waals surface area (Å²) in [5.41, 5.74) is 6.56. The molecule has 0 aliphatic carbocycles. The lowest BCUT2D eigenvalue weighted by Crippen LogP contribution is -2.43. The molecule has 1 aromatic carbocycles. The van der Waals surface area contributed by atoms with Gasteiger partial charge < -0.3 is 15.8 Å². The van der Waals surface area contributed by atoms with Crippen molar-refractivity contribution in [3.05, 3.63) is 29.3 Å². The van der Waals surface area contributed by atoms with E-state index < -0.39 is 6.04 Å². The van der Waals surface area contributed by atoms with Gasteiger partial charge in [0.1, 0.15) is 11.0 Å². The van der Waals surface area contributed by atoms with Gasteiger partial charge in [-0.05, 0) is 12.1 Å². The molecule has 1 atom stereocenters. The third kappa shape index (κ3) is 3.04. The predicted octanol–water partition coefficient (Wildman–Crippen LogP) is 0.886. The number of carbonyl (C=O) groups is 1. The average Bonchev–Trinajstić information content (AvgIpc) is 2.78. The Bertz CT molecular complexity index is 508. The Labute approximate surface area is 109 Å². The molecule has 1 amide bonds. The van der Waals surface area contributed by atoms with Gasteiger partial charge in [0, 0.05) is 7.11 Å². The average molecular weight is 265 g/mol. The first kappa shape index (κ1) is 12.9. The van der Waals surface area contributed by atoms with Crippen LogP contribution in [0.5, 0.6) is 0 Å². The topological polar surface area (TPSA) is 77.2 Å². The standard InChI is InChI=1S/C12H15N3O2S/c1-17-7-8(13)12(16)14-6-11-15-9-4-2-3-5-10(9)18-11/h2-5,8H,6-7,13H2,1H3,(H,14,16). The Hall–Kier alpha value is -1.50. The summed E-state index contributed by atoms with van der Waals surface area (Å²) < 4.78 is 5.94. The summed E-state index contributed by atoms with van der Waals surface area (Å²) in [5.74, 6) is -0.226. The predicted molar refractivity (Wildman–Crippen MR) is 71.3 cm³/mol. The zero-order chi connectivity index (χ0) is 13.0. The summed E-state index contributed by atoms with van der Waals surface area (Å²) in [6.07, 6.45) is 0. The third-order valence-corrected chi connectivity index (χ3v) is 3.47. The van der Waals surface area contributed by atoms with Crippen molar-refractivity contribution in [2.24, 2.45) is 5.73 Å². The van der Waals surface area contributed by atoms with Crippen molar-refractivity contribution in [2.75, 3.05) is 13.7 Å². The lowest BCUT2D eigenvalue weighted by molar-refractivity contribution is -0.123. The maximum absolute atomic E-state index is 11.6. The van der Waals surface area contributed by atoms with E-state index in [9.17, 15) is 4.79 Å². The number of nitrogens with one attached hydrogen (secondary N) is 1. The highest BCUT2D eigenvalue weighted by Gasteiger charge is 2.13. The van der Waals surface area contributed by atoms with Gasteiger partial charge >= 0.3 is 0 Å². The number of rotatable bonds is 5. The van der Waals surface area contributed by atoms with E-state index in [-0.39, 0.29) is 12.5 Å². The van der Waals surface area contributed by atoms with Gasteiger partial charge in [-0.3, -0.25) is 4.79 Å². The minimum atomic E-state index is -0.635. The van der Waals surface area contributed by atoms with Gasteiger partial charge in [-0.2, -0.15) is 0 Å². The first-order chi connectivity index (χ1) is 8.70. The van der Waals surface area contributed by atoms with Crippen molar-refractivity contribution in [2.45, 2.75) is 12.6 Å². The number of aromatic nitrogens is 1. The molecule has 1 heterocycles. The second kappa shape index (κ2) is 5.90. The van der Waals surface area contributed by atoms with Gasteiger partial charge in [0.15, 0.2) is 0 Å². The number of carbonyl (C=O) groups excluding carboxylic acids is 1. The number of hydrogen-bond donors (Lipinski definition) is 2. The van der Waals surface area contributed by atoms with Crippen LogP contribution < -0.4 is 11.1 Å². The van der Waals surface area contributed by atoms with Crippen molar-refractivity contribution >= 4 is 27.5 Å². The lowest BCUT2D eigenvalue weighted by atomic mass is 10.3. The molecule has 0 fully saturated rings.